The van der Waals surface area contributed by atoms with Crippen molar-refractivity contribution < 1.29 is 33.0 Å². The highest BCUT2D eigenvalue weighted by atomic mass is 79.9. The zero-order valence-corrected chi connectivity index (χ0v) is 23.9. The maximum Gasteiger partial charge on any atom is 0.380 e. The van der Waals surface area contributed by atoms with E-state index in [0.717, 1.165) is 10.6 Å². The third kappa shape index (κ3) is 7.13. The van der Waals surface area contributed by atoms with Crippen molar-refractivity contribution in [1.82, 2.24) is 9.55 Å². The summed E-state index contributed by atoms with van der Waals surface area (Å²) in [4.78, 5) is 38.4. The molecule has 0 amide bonds. The number of aliphatic hydroxyl groups excluding tert-OH is 1. The molecule has 1 aromatic heterocycles. The Morgan fingerprint density at radius 2 is 1.95 bits per heavy atom. The van der Waals surface area contributed by atoms with Gasteiger partial charge in [0, 0.05) is 12.3 Å². The standard InChI is InChI=1S/C23H29BrClN2O9P/c1-14(2)34-20(30)22(3,4)13-37(32,36-15-8-6-5-7-9-15)33-12-16-18(29)23(24,25)19(35-16)27-11-10-17(28)26-21(27)31/h5-11,14,16,18-19,29H,12-13H2,1-4H3,(H,26,28,31)/t16-,18-,19-,23+,37-/m1/s1. The van der Waals surface area contributed by atoms with Crippen LogP contribution < -0.4 is 15.8 Å². The fraction of sp³-hybridized carbons (Fsp3) is 0.522. The van der Waals surface area contributed by atoms with Gasteiger partial charge in [-0.3, -0.25) is 23.7 Å². The summed E-state index contributed by atoms with van der Waals surface area (Å²) in [6, 6.07) is 9.37. The lowest BCUT2D eigenvalue weighted by molar-refractivity contribution is -0.156. The van der Waals surface area contributed by atoms with Crippen LogP contribution in [-0.2, 0) is 23.4 Å². The summed E-state index contributed by atoms with van der Waals surface area (Å²) in [5, 5.41) is 10.8. The number of hydrogen-bond donors (Lipinski definition) is 2. The van der Waals surface area contributed by atoms with E-state index in [9.17, 15) is 24.1 Å². The molecule has 0 aliphatic carbocycles. The molecule has 0 saturated carbocycles. The Morgan fingerprint density at radius 1 is 1.30 bits per heavy atom. The van der Waals surface area contributed by atoms with Crippen molar-refractivity contribution in [3.8, 4) is 5.75 Å². The van der Waals surface area contributed by atoms with Gasteiger partial charge in [0.15, 0.2) is 10.0 Å². The predicted molar refractivity (Wildman–Crippen MR) is 139 cm³/mol. The van der Waals surface area contributed by atoms with Crippen LogP contribution in [0, 0.1) is 5.41 Å². The minimum atomic E-state index is -4.05. The van der Waals surface area contributed by atoms with E-state index in [2.05, 4.69) is 20.9 Å². The van der Waals surface area contributed by atoms with Crippen LogP contribution in [0.4, 0.5) is 0 Å². The molecule has 204 valence electrons. The van der Waals surface area contributed by atoms with Gasteiger partial charge in [-0.2, -0.15) is 0 Å². The number of carbonyl (C=O) groups excluding carboxylic acids is 1. The molecule has 0 spiro atoms. The van der Waals surface area contributed by atoms with Crippen molar-refractivity contribution >= 4 is 41.1 Å². The number of hydrogen-bond acceptors (Lipinski definition) is 9. The lowest BCUT2D eigenvalue weighted by Gasteiger charge is -2.29. The van der Waals surface area contributed by atoms with Crippen LogP contribution in [0.1, 0.15) is 33.9 Å². The topological polar surface area (TPSA) is 146 Å². The molecule has 1 aromatic carbocycles. The van der Waals surface area contributed by atoms with Gasteiger partial charge in [0.2, 0.25) is 0 Å². The normalized spacial score (nSPS) is 25.6. The van der Waals surface area contributed by atoms with Crippen molar-refractivity contribution in [3.63, 3.8) is 0 Å². The average Bonchev–Trinajstić information content (AvgIpc) is 3.01. The molecular weight excluding hydrogens is 595 g/mol. The van der Waals surface area contributed by atoms with Crippen molar-refractivity contribution in [3.05, 3.63) is 63.4 Å². The number of alkyl halides is 2. The van der Waals surface area contributed by atoms with Crippen LogP contribution >= 0.6 is 35.1 Å². The molecule has 37 heavy (non-hydrogen) atoms. The molecule has 3 rings (SSSR count). The molecule has 0 unspecified atom stereocenters. The molecule has 14 heteroatoms. The lowest BCUT2D eigenvalue weighted by atomic mass is 9.97. The van der Waals surface area contributed by atoms with E-state index in [0.29, 0.717) is 0 Å². The van der Waals surface area contributed by atoms with E-state index in [-0.39, 0.29) is 18.0 Å². The van der Waals surface area contributed by atoms with Crippen molar-refractivity contribution in [2.24, 2.45) is 5.41 Å². The van der Waals surface area contributed by atoms with Gasteiger partial charge in [0.1, 0.15) is 18.0 Å². The van der Waals surface area contributed by atoms with Crippen LogP contribution in [0.25, 0.3) is 0 Å². The zero-order valence-electron chi connectivity index (χ0n) is 20.6. The van der Waals surface area contributed by atoms with Gasteiger partial charge >= 0.3 is 19.3 Å². The molecule has 1 fully saturated rings. The number of esters is 1. The Hall–Kier alpha value is -1.95. The first-order valence-corrected chi connectivity index (χ1v) is 14.3. The smallest absolute Gasteiger partial charge is 0.380 e. The molecule has 0 bridgehead atoms. The van der Waals surface area contributed by atoms with Crippen LogP contribution in [0.5, 0.6) is 5.75 Å². The third-order valence-corrected chi connectivity index (χ3v) is 8.87. The molecule has 11 nitrogen and oxygen atoms in total. The van der Waals surface area contributed by atoms with Gasteiger partial charge in [-0.25, -0.2) is 9.36 Å². The van der Waals surface area contributed by atoms with Crippen molar-refractivity contribution in [2.75, 3.05) is 12.8 Å². The van der Waals surface area contributed by atoms with Gasteiger partial charge in [-0.05, 0) is 39.8 Å². The molecule has 1 aliphatic rings. The van der Waals surface area contributed by atoms with Crippen molar-refractivity contribution in [2.45, 2.75) is 56.0 Å². The Morgan fingerprint density at radius 3 is 2.54 bits per heavy atom. The second kappa shape index (κ2) is 11.4. The summed E-state index contributed by atoms with van der Waals surface area (Å²) >= 11 is 9.66. The number of nitrogens with zero attached hydrogens (tertiary/aromatic N) is 1. The lowest BCUT2D eigenvalue weighted by Crippen LogP contribution is -2.41. The number of rotatable bonds is 10. The molecule has 2 N–H and O–H groups in total. The summed E-state index contributed by atoms with van der Waals surface area (Å²) in [5.41, 5.74) is -2.67. The van der Waals surface area contributed by atoms with Crippen LogP contribution in [-0.4, -0.2) is 55.5 Å². The predicted octanol–water partition coefficient (Wildman–Crippen LogP) is 3.39. The third-order valence-electron chi connectivity index (χ3n) is 5.39. The number of nitrogens with one attached hydrogen (secondary N) is 1. The van der Waals surface area contributed by atoms with E-state index in [1.54, 1.807) is 58.0 Å². The summed E-state index contributed by atoms with van der Waals surface area (Å²) in [7, 11) is -4.05. The molecule has 5 atom stereocenters. The average molecular weight is 624 g/mol. The highest BCUT2D eigenvalue weighted by Crippen LogP contribution is 2.54. The molecular formula is C23H29BrClN2O9P. The Balaban J connectivity index is 1.84. The fourth-order valence-electron chi connectivity index (χ4n) is 3.57. The van der Waals surface area contributed by atoms with Gasteiger partial charge in [0.25, 0.3) is 5.56 Å². The number of H-pyrrole nitrogens is 1. The van der Waals surface area contributed by atoms with Gasteiger partial charge in [-0.1, -0.05) is 45.7 Å². The first-order valence-electron chi connectivity index (χ1n) is 11.4. The number of halogens is 2. The highest BCUT2D eigenvalue weighted by Gasteiger charge is 2.56. The maximum absolute atomic E-state index is 13.9. The van der Waals surface area contributed by atoms with Crippen LogP contribution in [0.2, 0.25) is 0 Å². The number of aromatic nitrogens is 2. The fourth-order valence-corrected chi connectivity index (χ4v) is 6.62. The molecule has 2 heterocycles. The number of ether oxygens (including phenoxy) is 2. The van der Waals surface area contributed by atoms with E-state index in [1.807, 2.05) is 0 Å². The summed E-state index contributed by atoms with van der Waals surface area (Å²) in [6.45, 7) is 6.06. The SMILES string of the molecule is CC(C)OC(=O)C(C)(C)C[P@@](=O)(OC[C@H]1O[C@@H](n2ccc(=O)[nH]c2=O)[C@](Cl)(Br)[C@@H]1O)Oc1ccccc1. The quantitative estimate of drug-likeness (QED) is 0.231. The number of para-hydroxylation sites is 1. The van der Waals surface area contributed by atoms with Crippen LogP contribution in [0.3, 0.4) is 0 Å². The zero-order chi connectivity index (χ0) is 27.6. The van der Waals surface area contributed by atoms with E-state index in [4.69, 9.17) is 30.1 Å². The first kappa shape index (κ1) is 29.6. The van der Waals surface area contributed by atoms with Gasteiger partial charge in [0.05, 0.1) is 24.3 Å². The second-order valence-electron chi connectivity index (χ2n) is 9.47. The highest BCUT2D eigenvalue weighted by molar-refractivity contribution is 9.10. The second-order valence-corrected chi connectivity index (χ2v) is 13.8. The Kier molecular flexibility index (Phi) is 9.14. The summed E-state index contributed by atoms with van der Waals surface area (Å²) < 4.78 is 35.8. The monoisotopic (exact) mass is 622 g/mol. The van der Waals surface area contributed by atoms with E-state index < -0.39 is 59.1 Å². The first-order chi connectivity index (χ1) is 17.1. The molecule has 1 aliphatic heterocycles. The molecule has 0 radical (unpaired) electrons. The van der Waals surface area contributed by atoms with Gasteiger partial charge in [-0.15, -0.1) is 0 Å². The van der Waals surface area contributed by atoms with Gasteiger partial charge < -0.3 is 19.1 Å². The Bertz CT molecular complexity index is 1260. The molecule has 2 aromatic rings. The number of benzene rings is 1. The molecule has 1 saturated heterocycles. The van der Waals surface area contributed by atoms with Crippen molar-refractivity contribution in [1.29, 1.82) is 0 Å². The van der Waals surface area contributed by atoms with E-state index in [1.165, 1.54) is 6.20 Å². The van der Waals surface area contributed by atoms with Crippen LogP contribution in [0.15, 0.2) is 52.2 Å². The summed E-state index contributed by atoms with van der Waals surface area (Å²) in [5.74, 6) is -0.338. The largest absolute Gasteiger partial charge is 0.463 e. The van der Waals surface area contributed by atoms with E-state index >= 15 is 0 Å². The maximum atomic E-state index is 13.9. The Labute approximate surface area is 226 Å². The number of aliphatic hydroxyl groups is 1. The minimum Gasteiger partial charge on any atom is -0.463 e. The summed E-state index contributed by atoms with van der Waals surface area (Å²) in [6.07, 6.45) is -3.41. The number of carbonyl (C=O) groups is 1. The minimum absolute atomic E-state index is 0.247. The number of aromatic amines is 1.